The van der Waals surface area contributed by atoms with E-state index >= 15 is 0 Å². The lowest BCUT2D eigenvalue weighted by atomic mass is 9.67. The molecule has 0 unspecified atom stereocenters. The molecule has 0 nitrogen and oxygen atoms in total. The molecular formula is C45H30. The fourth-order valence-corrected chi connectivity index (χ4v) is 7.66. The van der Waals surface area contributed by atoms with E-state index in [1.54, 1.807) is 0 Å². The van der Waals surface area contributed by atoms with Crippen molar-refractivity contribution >= 4 is 21.5 Å². The molecule has 0 saturated carbocycles. The second-order valence-electron chi connectivity index (χ2n) is 12.1. The highest BCUT2D eigenvalue weighted by Crippen LogP contribution is 2.58. The zero-order valence-corrected chi connectivity index (χ0v) is 24.8. The maximum absolute atomic E-state index is 2.45. The Balaban J connectivity index is 1.26. The van der Waals surface area contributed by atoms with Crippen molar-refractivity contribution in [3.05, 3.63) is 204 Å². The van der Waals surface area contributed by atoms with Gasteiger partial charge in [-0.1, -0.05) is 170 Å². The number of hydrogen-bond donors (Lipinski definition) is 0. The summed E-state index contributed by atoms with van der Waals surface area (Å²) in [4.78, 5) is 0. The molecule has 0 N–H and O–H groups in total. The Morgan fingerprint density at radius 1 is 0.311 bits per heavy atom. The molecule has 8 aromatic rings. The van der Waals surface area contributed by atoms with Crippen molar-refractivity contribution in [1.29, 1.82) is 0 Å². The predicted molar refractivity (Wildman–Crippen MR) is 190 cm³/mol. The summed E-state index contributed by atoms with van der Waals surface area (Å²) in [5, 5.41) is 5.11. The van der Waals surface area contributed by atoms with Crippen molar-refractivity contribution in [2.75, 3.05) is 0 Å². The summed E-state index contributed by atoms with van der Waals surface area (Å²) in [6.45, 7) is 0. The van der Waals surface area contributed by atoms with Crippen LogP contribution in [0, 0.1) is 0 Å². The Kier molecular flexibility index (Phi) is 5.83. The molecule has 210 valence electrons. The van der Waals surface area contributed by atoms with E-state index in [1.807, 2.05) is 0 Å². The molecule has 0 bridgehead atoms. The molecule has 9 rings (SSSR count). The van der Waals surface area contributed by atoms with Gasteiger partial charge in [-0.05, 0) is 89.3 Å². The number of rotatable bonds is 4. The molecule has 0 spiro atoms. The van der Waals surface area contributed by atoms with Crippen LogP contribution in [0.3, 0.4) is 0 Å². The monoisotopic (exact) mass is 570 g/mol. The summed E-state index contributed by atoms with van der Waals surface area (Å²) in [6.07, 6.45) is 0. The van der Waals surface area contributed by atoms with Gasteiger partial charge in [0.25, 0.3) is 0 Å². The molecular weight excluding hydrogens is 540 g/mol. The second-order valence-corrected chi connectivity index (χ2v) is 12.1. The minimum atomic E-state index is -0.432. The van der Waals surface area contributed by atoms with E-state index in [2.05, 4.69) is 182 Å². The van der Waals surface area contributed by atoms with E-state index in [1.165, 1.54) is 77.2 Å². The average molecular weight is 571 g/mol. The van der Waals surface area contributed by atoms with Crippen LogP contribution >= 0.6 is 0 Å². The van der Waals surface area contributed by atoms with Gasteiger partial charge >= 0.3 is 0 Å². The zero-order chi connectivity index (χ0) is 29.8. The first kappa shape index (κ1) is 25.7. The summed E-state index contributed by atoms with van der Waals surface area (Å²) >= 11 is 0. The number of benzene rings is 8. The fraction of sp³-hybridized carbons (Fsp3) is 0.0222. The quantitative estimate of drug-likeness (QED) is 0.197. The number of hydrogen-bond acceptors (Lipinski definition) is 0. The van der Waals surface area contributed by atoms with Crippen LogP contribution in [0.5, 0.6) is 0 Å². The van der Waals surface area contributed by atoms with Crippen LogP contribution in [0.1, 0.15) is 22.3 Å². The predicted octanol–water partition coefficient (Wildman–Crippen LogP) is 11.7. The summed E-state index contributed by atoms with van der Waals surface area (Å²) in [5.41, 5.74) is 12.4. The highest BCUT2D eigenvalue weighted by atomic mass is 14.5. The van der Waals surface area contributed by atoms with Gasteiger partial charge in [0.1, 0.15) is 0 Å². The van der Waals surface area contributed by atoms with E-state index in [9.17, 15) is 0 Å². The Hall–Kier alpha value is -5.72. The molecule has 8 aromatic carbocycles. The molecule has 0 aromatic heterocycles. The molecule has 0 aliphatic heterocycles. The van der Waals surface area contributed by atoms with Crippen LogP contribution in [0.15, 0.2) is 182 Å². The highest BCUT2D eigenvalue weighted by molar-refractivity contribution is 6.04. The van der Waals surface area contributed by atoms with Gasteiger partial charge in [-0.25, -0.2) is 0 Å². The van der Waals surface area contributed by atoms with Crippen molar-refractivity contribution in [3.8, 4) is 33.4 Å². The first-order chi connectivity index (χ1) is 22.3. The van der Waals surface area contributed by atoms with Crippen molar-refractivity contribution in [1.82, 2.24) is 0 Å². The molecule has 0 amide bonds. The Morgan fingerprint density at radius 3 is 1.51 bits per heavy atom. The van der Waals surface area contributed by atoms with Gasteiger partial charge in [-0.2, -0.15) is 0 Å². The third-order valence-electron chi connectivity index (χ3n) is 9.74. The van der Waals surface area contributed by atoms with Gasteiger partial charge in [0.15, 0.2) is 0 Å². The largest absolute Gasteiger partial charge is 0.0714 e. The van der Waals surface area contributed by atoms with E-state index in [0.717, 1.165) is 0 Å². The molecule has 1 aliphatic carbocycles. The van der Waals surface area contributed by atoms with E-state index in [0.29, 0.717) is 0 Å². The highest BCUT2D eigenvalue weighted by Gasteiger charge is 2.46. The van der Waals surface area contributed by atoms with Crippen LogP contribution in [0.2, 0.25) is 0 Å². The lowest BCUT2D eigenvalue weighted by molar-refractivity contribution is 0.769. The Labute approximate surface area is 263 Å². The first-order valence-electron chi connectivity index (χ1n) is 15.7. The number of fused-ring (bicyclic) bond motifs is 6. The van der Waals surface area contributed by atoms with Gasteiger partial charge in [0, 0.05) is 0 Å². The van der Waals surface area contributed by atoms with Crippen LogP contribution < -0.4 is 0 Å². The Bertz CT molecular complexity index is 2310. The van der Waals surface area contributed by atoms with E-state index < -0.39 is 5.41 Å². The van der Waals surface area contributed by atoms with Gasteiger partial charge in [0.2, 0.25) is 0 Å². The third kappa shape index (κ3) is 3.93. The molecule has 0 atom stereocenters. The first-order valence-corrected chi connectivity index (χ1v) is 15.7. The van der Waals surface area contributed by atoms with Crippen LogP contribution in [-0.4, -0.2) is 0 Å². The SMILES string of the molecule is c1ccc(C2(c3ccccc3)c3cc(-c4ccc(-c5ccc6ccccc6c5)cc4)ccc3-c3c2ccc2ccccc32)cc1. The topological polar surface area (TPSA) is 0 Å². The molecule has 0 heterocycles. The fourth-order valence-electron chi connectivity index (χ4n) is 7.66. The summed E-state index contributed by atoms with van der Waals surface area (Å²) in [7, 11) is 0. The minimum Gasteiger partial charge on any atom is -0.0622 e. The summed E-state index contributed by atoms with van der Waals surface area (Å²) in [5.74, 6) is 0. The van der Waals surface area contributed by atoms with E-state index in [-0.39, 0.29) is 0 Å². The van der Waals surface area contributed by atoms with E-state index in [4.69, 9.17) is 0 Å². The van der Waals surface area contributed by atoms with Crippen molar-refractivity contribution in [2.45, 2.75) is 5.41 Å². The zero-order valence-electron chi connectivity index (χ0n) is 24.8. The van der Waals surface area contributed by atoms with Crippen molar-refractivity contribution in [3.63, 3.8) is 0 Å². The molecule has 45 heavy (non-hydrogen) atoms. The Morgan fingerprint density at radius 2 is 0.822 bits per heavy atom. The third-order valence-corrected chi connectivity index (χ3v) is 9.74. The lowest BCUT2D eigenvalue weighted by Gasteiger charge is -2.34. The van der Waals surface area contributed by atoms with Gasteiger partial charge in [-0.3, -0.25) is 0 Å². The summed E-state index contributed by atoms with van der Waals surface area (Å²) in [6, 6.07) is 67.1. The van der Waals surface area contributed by atoms with Crippen LogP contribution in [-0.2, 0) is 5.41 Å². The average Bonchev–Trinajstić information content (AvgIpc) is 3.43. The second kappa shape index (κ2) is 10.2. The molecule has 1 aliphatic rings. The normalized spacial score (nSPS) is 13.1. The maximum atomic E-state index is 2.45. The lowest BCUT2D eigenvalue weighted by Crippen LogP contribution is -2.28. The van der Waals surface area contributed by atoms with Crippen molar-refractivity contribution < 1.29 is 0 Å². The summed E-state index contributed by atoms with van der Waals surface area (Å²) < 4.78 is 0. The van der Waals surface area contributed by atoms with Gasteiger partial charge < -0.3 is 0 Å². The molecule has 0 fully saturated rings. The van der Waals surface area contributed by atoms with Crippen molar-refractivity contribution in [2.24, 2.45) is 0 Å². The standard InChI is InChI=1S/C45H30/c1-3-14-38(15-4-1)45(39-16-5-2-6-17-39)42-28-26-34-12-9-10-18-40(34)44(42)41-27-25-37(30-43(41)45)33-21-19-32(20-22-33)36-24-23-31-11-7-8-13-35(31)29-36/h1-30H. The molecule has 0 heteroatoms. The van der Waals surface area contributed by atoms with Gasteiger partial charge in [0.05, 0.1) is 5.41 Å². The molecule has 0 radical (unpaired) electrons. The maximum Gasteiger partial charge on any atom is 0.0714 e. The van der Waals surface area contributed by atoms with Gasteiger partial charge in [-0.15, -0.1) is 0 Å². The molecule has 0 saturated heterocycles. The van der Waals surface area contributed by atoms with Crippen LogP contribution in [0.4, 0.5) is 0 Å². The smallest absolute Gasteiger partial charge is 0.0622 e. The van der Waals surface area contributed by atoms with Crippen LogP contribution in [0.25, 0.3) is 54.9 Å². The minimum absolute atomic E-state index is 0.432.